The molecule has 1 amide bonds. The Labute approximate surface area is 142 Å². The van der Waals surface area contributed by atoms with Gasteiger partial charge in [0.15, 0.2) is 0 Å². The molecule has 1 aromatic carbocycles. The number of carbonyl (C=O) groups excluding carboxylic acids is 1. The van der Waals surface area contributed by atoms with Gasteiger partial charge in [0.05, 0.1) is 6.54 Å². The molecule has 1 saturated carbocycles. The number of carbonyl (C=O) groups is 1. The Balaban J connectivity index is 2.09. The fourth-order valence-electron chi connectivity index (χ4n) is 3.76. The number of amides is 1. The van der Waals surface area contributed by atoms with Crippen molar-refractivity contribution in [1.82, 2.24) is 5.32 Å². The number of rotatable bonds is 5. The predicted molar refractivity (Wildman–Crippen MR) is 89.6 cm³/mol. The van der Waals surface area contributed by atoms with E-state index in [9.17, 15) is 18.7 Å². The molecular formula is C19H27F2NO2. The first kappa shape index (κ1) is 18.8. The van der Waals surface area contributed by atoms with E-state index < -0.39 is 24.0 Å². The molecule has 0 aromatic heterocycles. The van der Waals surface area contributed by atoms with Crippen molar-refractivity contribution >= 4 is 5.91 Å². The van der Waals surface area contributed by atoms with E-state index in [1.807, 2.05) is 20.8 Å². The minimum atomic E-state index is -3.17. The molecule has 0 heterocycles. The van der Waals surface area contributed by atoms with E-state index in [4.69, 9.17) is 0 Å². The van der Waals surface area contributed by atoms with Gasteiger partial charge in [0.2, 0.25) is 0 Å². The van der Waals surface area contributed by atoms with E-state index >= 15 is 0 Å². The maximum Gasteiger partial charge on any atom is 0.290 e. The molecule has 0 saturated heterocycles. The molecule has 1 aliphatic rings. The molecule has 0 bridgehead atoms. The van der Waals surface area contributed by atoms with E-state index in [1.54, 1.807) is 6.07 Å². The van der Waals surface area contributed by atoms with E-state index in [1.165, 1.54) is 24.3 Å². The highest BCUT2D eigenvalue weighted by atomic mass is 19.3. The highest BCUT2D eigenvalue weighted by Gasteiger charge is 2.49. The first-order chi connectivity index (χ1) is 11.2. The molecular weight excluding hydrogens is 312 g/mol. The maximum atomic E-state index is 14.2. The van der Waals surface area contributed by atoms with E-state index in [-0.39, 0.29) is 23.3 Å². The van der Waals surface area contributed by atoms with Crippen molar-refractivity contribution < 1.29 is 18.7 Å². The normalized spacial score (nSPS) is 28.0. The Hall–Kier alpha value is -1.49. The number of hydrogen-bond donors (Lipinski definition) is 2. The second kappa shape index (κ2) is 7.18. The van der Waals surface area contributed by atoms with Gasteiger partial charge in [0, 0.05) is 5.56 Å². The van der Waals surface area contributed by atoms with Crippen molar-refractivity contribution in [1.29, 1.82) is 0 Å². The SMILES string of the molecule is CC1CCC(C(C)C)[C@@](O)(C(=O)NCC(F)(F)c2ccccc2)C1. The van der Waals surface area contributed by atoms with Crippen molar-refractivity contribution in [3.05, 3.63) is 35.9 Å². The van der Waals surface area contributed by atoms with Crippen LogP contribution in [0.4, 0.5) is 8.78 Å². The average molecular weight is 339 g/mol. The van der Waals surface area contributed by atoms with Gasteiger partial charge in [-0.3, -0.25) is 4.79 Å². The first-order valence-electron chi connectivity index (χ1n) is 8.61. The van der Waals surface area contributed by atoms with Gasteiger partial charge < -0.3 is 10.4 Å². The molecule has 1 aromatic rings. The summed E-state index contributed by atoms with van der Waals surface area (Å²) >= 11 is 0. The van der Waals surface area contributed by atoms with Crippen LogP contribution in [0.2, 0.25) is 0 Å². The fraction of sp³-hybridized carbons (Fsp3) is 0.632. The quantitative estimate of drug-likeness (QED) is 0.859. The lowest BCUT2D eigenvalue weighted by Gasteiger charge is -2.43. The van der Waals surface area contributed by atoms with Crippen molar-refractivity contribution in [2.24, 2.45) is 17.8 Å². The second-order valence-electron chi connectivity index (χ2n) is 7.41. The molecule has 5 heteroatoms. The molecule has 2 unspecified atom stereocenters. The monoisotopic (exact) mass is 339 g/mol. The van der Waals surface area contributed by atoms with Crippen molar-refractivity contribution in [2.45, 2.75) is 51.6 Å². The predicted octanol–water partition coefficient (Wildman–Crippen LogP) is 3.72. The summed E-state index contributed by atoms with van der Waals surface area (Å²) in [5.41, 5.74) is -1.71. The standard InChI is InChI=1S/C19H27F2NO2/c1-13(2)16-10-9-14(3)11-18(16,24)17(23)22-12-19(20,21)15-7-5-4-6-8-15/h4-8,13-14,16,24H,9-12H2,1-3H3,(H,22,23)/t14?,16?,18-/m1/s1. The van der Waals surface area contributed by atoms with Gasteiger partial charge >= 0.3 is 0 Å². The minimum Gasteiger partial charge on any atom is -0.380 e. The third kappa shape index (κ3) is 3.94. The zero-order valence-corrected chi connectivity index (χ0v) is 14.6. The summed E-state index contributed by atoms with van der Waals surface area (Å²) < 4.78 is 28.5. The maximum absolute atomic E-state index is 14.2. The smallest absolute Gasteiger partial charge is 0.290 e. The first-order valence-corrected chi connectivity index (χ1v) is 8.61. The van der Waals surface area contributed by atoms with Crippen LogP contribution >= 0.6 is 0 Å². The summed E-state index contributed by atoms with van der Waals surface area (Å²) in [4.78, 5) is 12.6. The number of halogens is 2. The van der Waals surface area contributed by atoms with Gasteiger partial charge in [-0.15, -0.1) is 0 Å². The molecule has 134 valence electrons. The van der Waals surface area contributed by atoms with Crippen LogP contribution in [-0.2, 0) is 10.7 Å². The number of benzene rings is 1. The Morgan fingerprint density at radius 1 is 1.33 bits per heavy atom. The molecule has 2 rings (SSSR count). The lowest BCUT2D eigenvalue weighted by atomic mass is 9.66. The van der Waals surface area contributed by atoms with Crippen molar-refractivity contribution in [3.63, 3.8) is 0 Å². The molecule has 1 fully saturated rings. The van der Waals surface area contributed by atoms with Gasteiger partial charge in [0.25, 0.3) is 11.8 Å². The van der Waals surface area contributed by atoms with Crippen LogP contribution in [0.3, 0.4) is 0 Å². The van der Waals surface area contributed by atoms with Crippen LogP contribution < -0.4 is 5.32 Å². The van der Waals surface area contributed by atoms with Crippen LogP contribution in [-0.4, -0.2) is 23.2 Å². The molecule has 2 N–H and O–H groups in total. The van der Waals surface area contributed by atoms with Crippen LogP contribution in [0.1, 0.15) is 45.6 Å². The molecule has 3 nitrogen and oxygen atoms in total. The highest BCUT2D eigenvalue weighted by Crippen LogP contribution is 2.41. The van der Waals surface area contributed by atoms with Crippen molar-refractivity contribution in [3.8, 4) is 0 Å². The second-order valence-corrected chi connectivity index (χ2v) is 7.41. The lowest BCUT2D eigenvalue weighted by Crippen LogP contribution is -2.57. The summed E-state index contributed by atoms with van der Waals surface area (Å²) in [7, 11) is 0. The molecule has 0 spiro atoms. The third-order valence-electron chi connectivity index (χ3n) is 5.11. The molecule has 3 atom stereocenters. The average Bonchev–Trinajstić information content (AvgIpc) is 2.53. The number of aliphatic hydroxyl groups is 1. The van der Waals surface area contributed by atoms with Crippen LogP contribution in [0.15, 0.2) is 30.3 Å². The fourth-order valence-corrected chi connectivity index (χ4v) is 3.76. The largest absolute Gasteiger partial charge is 0.380 e. The molecule has 0 radical (unpaired) electrons. The van der Waals surface area contributed by atoms with Gasteiger partial charge in [-0.2, -0.15) is 8.78 Å². The van der Waals surface area contributed by atoms with E-state index in [2.05, 4.69) is 5.32 Å². The van der Waals surface area contributed by atoms with Crippen LogP contribution in [0, 0.1) is 17.8 Å². The number of hydrogen-bond acceptors (Lipinski definition) is 2. The molecule has 0 aliphatic heterocycles. The van der Waals surface area contributed by atoms with Crippen molar-refractivity contribution in [2.75, 3.05) is 6.54 Å². The number of nitrogens with one attached hydrogen (secondary N) is 1. The number of alkyl halides is 2. The van der Waals surface area contributed by atoms with Crippen LogP contribution in [0.25, 0.3) is 0 Å². The Kier molecular flexibility index (Phi) is 5.63. The Morgan fingerprint density at radius 2 is 1.96 bits per heavy atom. The zero-order valence-electron chi connectivity index (χ0n) is 14.6. The third-order valence-corrected chi connectivity index (χ3v) is 5.11. The summed E-state index contributed by atoms with van der Waals surface area (Å²) in [6.45, 7) is 5.08. The lowest BCUT2D eigenvalue weighted by molar-refractivity contribution is -0.157. The Bertz CT molecular complexity index is 562. The Morgan fingerprint density at radius 3 is 2.54 bits per heavy atom. The van der Waals surface area contributed by atoms with E-state index in [0.29, 0.717) is 6.42 Å². The van der Waals surface area contributed by atoms with Gasteiger partial charge in [0.1, 0.15) is 5.60 Å². The van der Waals surface area contributed by atoms with Gasteiger partial charge in [-0.25, -0.2) is 0 Å². The summed E-state index contributed by atoms with van der Waals surface area (Å²) in [5, 5.41) is 13.2. The minimum absolute atomic E-state index is 0.114. The molecule has 24 heavy (non-hydrogen) atoms. The van der Waals surface area contributed by atoms with Gasteiger partial charge in [-0.1, -0.05) is 57.5 Å². The molecule has 1 aliphatic carbocycles. The highest BCUT2D eigenvalue weighted by molar-refractivity contribution is 5.85. The zero-order chi connectivity index (χ0) is 18.0. The summed E-state index contributed by atoms with van der Waals surface area (Å²) in [6.07, 6.45) is 2.00. The van der Waals surface area contributed by atoms with Crippen LogP contribution in [0.5, 0.6) is 0 Å². The summed E-state index contributed by atoms with van der Waals surface area (Å²) in [6, 6.07) is 7.41. The summed E-state index contributed by atoms with van der Waals surface area (Å²) in [5.74, 6) is -3.74. The topological polar surface area (TPSA) is 49.3 Å². The van der Waals surface area contributed by atoms with E-state index in [0.717, 1.165) is 12.8 Å². The van der Waals surface area contributed by atoms with Gasteiger partial charge in [-0.05, 0) is 30.6 Å².